The van der Waals surface area contributed by atoms with Crippen molar-refractivity contribution in [1.29, 1.82) is 0 Å². The summed E-state index contributed by atoms with van der Waals surface area (Å²) in [6.07, 6.45) is 0. The Balaban J connectivity index is 2.44. The molecule has 0 atom stereocenters. The molecule has 5 nitrogen and oxygen atoms in total. The van der Waals surface area contributed by atoms with E-state index in [1.807, 2.05) is 36.2 Å². The second-order valence-electron chi connectivity index (χ2n) is 3.84. The molecule has 1 aromatic carbocycles. The number of hydrogen-bond donors (Lipinski definition) is 1. The Bertz CT molecular complexity index is 515. The van der Waals surface area contributed by atoms with Gasteiger partial charge in [0.2, 0.25) is 5.95 Å². The minimum Gasteiger partial charge on any atom is -0.383 e. The Labute approximate surface area is 100 Å². The van der Waals surface area contributed by atoms with Crippen LogP contribution in [0.1, 0.15) is 0 Å². The maximum absolute atomic E-state index is 5.71. The van der Waals surface area contributed by atoms with Gasteiger partial charge in [0.1, 0.15) is 5.82 Å². The zero-order valence-corrected chi connectivity index (χ0v) is 10.1. The fraction of sp³-hybridized carbons (Fsp3) is 0.333. The molecule has 90 valence electrons. The van der Waals surface area contributed by atoms with E-state index in [0.29, 0.717) is 12.6 Å². The fourth-order valence-corrected chi connectivity index (χ4v) is 1.70. The first kappa shape index (κ1) is 11.6. The van der Waals surface area contributed by atoms with E-state index in [0.717, 1.165) is 23.3 Å². The van der Waals surface area contributed by atoms with E-state index in [-0.39, 0.29) is 0 Å². The quantitative estimate of drug-likeness (QED) is 0.860. The van der Waals surface area contributed by atoms with Crippen LogP contribution in [0.3, 0.4) is 0 Å². The zero-order chi connectivity index (χ0) is 12.3. The summed E-state index contributed by atoms with van der Waals surface area (Å²) in [4.78, 5) is 10.5. The SMILES string of the molecule is COCCN(C)c1nc(N)nc2ccccc12. The Morgan fingerprint density at radius 2 is 2.06 bits per heavy atom. The molecule has 0 unspecified atom stereocenters. The second-order valence-corrected chi connectivity index (χ2v) is 3.84. The van der Waals surface area contributed by atoms with E-state index in [1.54, 1.807) is 7.11 Å². The first-order valence-electron chi connectivity index (χ1n) is 5.44. The molecule has 0 saturated carbocycles. The number of anilines is 2. The van der Waals surface area contributed by atoms with E-state index < -0.39 is 0 Å². The van der Waals surface area contributed by atoms with Gasteiger partial charge < -0.3 is 15.4 Å². The third-order valence-corrected chi connectivity index (χ3v) is 2.59. The van der Waals surface area contributed by atoms with Crippen molar-refractivity contribution < 1.29 is 4.74 Å². The molecular formula is C12H16N4O. The number of ether oxygens (including phenoxy) is 1. The molecule has 0 aliphatic heterocycles. The van der Waals surface area contributed by atoms with Gasteiger partial charge in [0.15, 0.2) is 0 Å². The van der Waals surface area contributed by atoms with Gasteiger partial charge in [-0.1, -0.05) is 12.1 Å². The van der Waals surface area contributed by atoms with Gasteiger partial charge >= 0.3 is 0 Å². The molecule has 0 amide bonds. The van der Waals surface area contributed by atoms with E-state index in [1.165, 1.54) is 0 Å². The molecule has 17 heavy (non-hydrogen) atoms. The number of aromatic nitrogens is 2. The molecule has 1 heterocycles. The molecule has 0 aliphatic rings. The number of benzene rings is 1. The predicted molar refractivity (Wildman–Crippen MR) is 69.1 cm³/mol. The minimum atomic E-state index is 0.294. The summed E-state index contributed by atoms with van der Waals surface area (Å²) in [5.74, 6) is 1.13. The molecule has 0 spiro atoms. The van der Waals surface area contributed by atoms with E-state index in [2.05, 4.69) is 9.97 Å². The topological polar surface area (TPSA) is 64.3 Å². The first-order valence-corrected chi connectivity index (χ1v) is 5.44. The van der Waals surface area contributed by atoms with Crippen LogP contribution < -0.4 is 10.6 Å². The van der Waals surface area contributed by atoms with Gasteiger partial charge in [-0.05, 0) is 12.1 Å². The number of nitrogens with zero attached hydrogens (tertiary/aromatic N) is 3. The summed E-state index contributed by atoms with van der Waals surface area (Å²) in [5, 5.41) is 1.00. The summed E-state index contributed by atoms with van der Waals surface area (Å²) in [6, 6.07) is 7.83. The molecule has 2 N–H and O–H groups in total. The van der Waals surface area contributed by atoms with Crippen LogP contribution in [0.15, 0.2) is 24.3 Å². The molecule has 2 rings (SSSR count). The number of nitrogens with two attached hydrogens (primary N) is 1. The Morgan fingerprint density at radius 3 is 2.82 bits per heavy atom. The van der Waals surface area contributed by atoms with E-state index in [4.69, 9.17) is 10.5 Å². The molecule has 0 radical (unpaired) electrons. The maximum atomic E-state index is 5.71. The average molecular weight is 232 g/mol. The molecule has 5 heteroatoms. The van der Waals surface area contributed by atoms with Gasteiger partial charge in [0, 0.05) is 26.1 Å². The molecule has 0 aliphatic carbocycles. The highest BCUT2D eigenvalue weighted by Crippen LogP contribution is 2.23. The smallest absolute Gasteiger partial charge is 0.222 e. The highest BCUT2D eigenvalue weighted by molar-refractivity contribution is 5.90. The lowest BCUT2D eigenvalue weighted by molar-refractivity contribution is 0.206. The molecule has 0 bridgehead atoms. The van der Waals surface area contributed by atoms with Crippen molar-refractivity contribution in [2.75, 3.05) is 37.9 Å². The van der Waals surface area contributed by atoms with Gasteiger partial charge in [0.05, 0.1) is 12.1 Å². The predicted octanol–water partition coefficient (Wildman–Crippen LogP) is 1.29. The normalized spacial score (nSPS) is 10.7. The fourth-order valence-electron chi connectivity index (χ4n) is 1.70. The van der Waals surface area contributed by atoms with Gasteiger partial charge in [0.25, 0.3) is 0 Å². The number of likely N-dealkylation sites (N-methyl/N-ethyl adjacent to an activating group) is 1. The number of rotatable bonds is 4. The van der Waals surface area contributed by atoms with Crippen molar-refractivity contribution in [3.63, 3.8) is 0 Å². The van der Waals surface area contributed by atoms with Crippen LogP contribution >= 0.6 is 0 Å². The van der Waals surface area contributed by atoms with E-state index in [9.17, 15) is 0 Å². The van der Waals surface area contributed by atoms with Crippen molar-refractivity contribution >= 4 is 22.7 Å². The third-order valence-electron chi connectivity index (χ3n) is 2.59. The van der Waals surface area contributed by atoms with Gasteiger partial charge in [-0.25, -0.2) is 4.98 Å². The number of methoxy groups -OCH3 is 1. The third kappa shape index (κ3) is 2.45. The molecule has 1 aromatic heterocycles. The van der Waals surface area contributed by atoms with Crippen LogP contribution in [0.25, 0.3) is 10.9 Å². The first-order chi connectivity index (χ1) is 8.22. The van der Waals surface area contributed by atoms with Crippen LogP contribution in [0.5, 0.6) is 0 Å². The highest BCUT2D eigenvalue weighted by atomic mass is 16.5. The van der Waals surface area contributed by atoms with Crippen molar-refractivity contribution in [3.05, 3.63) is 24.3 Å². The van der Waals surface area contributed by atoms with Crippen LogP contribution in [0.4, 0.5) is 11.8 Å². The largest absolute Gasteiger partial charge is 0.383 e. The molecule has 2 aromatic rings. The highest BCUT2D eigenvalue weighted by Gasteiger charge is 2.09. The standard InChI is InChI=1S/C12H16N4O/c1-16(7-8-17-2)11-9-5-3-4-6-10(9)14-12(13)15-11/h3-6H,7-8H2,1-2H3,(H2,13,14,15). The van der Waals surface area contributed by atoms with Gasteiger partial charge in [-0.2, -0.15) is 4.98 Å². The van der Waals surface area contributed by atoms with Crippen molar-refractivity contribution in [3.8, 4) is 0 Å². The summed E-state index contributed by atoms with van der Waals surface area (Å²) < 4.78 is 5.06. The van der Waals surface area contributed by atoms with Crippen LogP contribution in [-0.2, 0) is 4.74 Å². The van der Waals surface area contributed by atoms with Crippen molar-refractivity contribution in [1.82, 2.24) is 9.97 Å². The lowest BCUT2D eigenvalue weighted by atomic mass is 10.2. The molecular weight excluding hydrogens is 216 g/mol. The second kappa shape index (κ2) is 4.97. The van der Waals surface area contributed by atoms with Gasteiger partial charge in [-0.3, -0.25) is 0 Å². The maximum Gasteiger partial charge on any atom is 0.222 e. The Kier molecular flexibility index (Phi) is 3.39. The number of fused-ring (bicyclic) bond motifs is 1. The summed E-state index contributed by atoms with van der Waals surface area (Å²) in [7, 11) is 3.65. The number of nitrogen functional groups attached to an aromatic ring is 1. The average Bonchev–Trinajstić information content (AvgIpc) is 2.34. The Hall–Kier alpha value is -1.88. The van der Waals surface area contributed by atoms with Gasteiger partial charge in [-0.15, -0.1) is 0 Å². The summed E-state index contributed by atoms with van der Waals surface area (Å²) in [6.45, 7) is 1.41. The number of hydrogen-bond acceptors (Lipinski definition) is 5. The van der Waals surface area contributed by atoms with Crippen LogP contribution in [0.2, 0.25) is 0 Å². The minimum absolute atomic E-state index is 0.294. The molecule has 0 fully saturated rings. The summed E-state index contributed by atoms with van der Waals surface area (Å²) in [5.41, 5.74) is 6.57. The Morgan fingerprint density at radius 1 is 1.29 bits per heavy atom. The van der Waals surface area contributed by atoms with E-state index >= 15 is 0 Å². The molecule has 0 saturated heterocycles. The summed E-state index contributed by atoms with van der Waals surface area (Å²) >= 11 is 0. The lowest BCUT2D eigenvalue weighted by Crippen LogP contribution is -2.23. The lowest BCUT2D eigenvalue weighted by Gasteiger charge is -2.19. The number of para-hydroxylation sites is 1. The van der Waals surface area contributed by atoms with Crippen molar-refractivity contribution in [2.45, 2.75) is 0 Å². The van der Waals surface area contributed by atoms with Crippen molar-refractivity contribution in [2.24, 2.45) is 0 Å². The monoisotopic (exact) mass is 232 g/mol. The van der Waals surface area contributed by atoms with Crippen LogP contribution in [-0.4, -0.2) is 37.3 Å². The zero-order valence-electron chi connectivity index (χ0n) is 10.1. The van der Waals surface area contributed by atoms with Crippen LogP contribution in [0, 0.1) is 0 Å².